The van der Waals surface area contributed by atoms with E-state index in [4.69, 9.17) is 10.5 Å². The van der Waals surface area contributed by atoms with Crippen molar-refractivity contribution in [3.05, 3.63) is 30.3 Å². The first-order valence-corrected chi connectivity index (χ1v) is 11.1. The zero-order chi connectivity index (χ0) is 21.3. The van der Waals surface area contributed by atoms with Gasteiger partial charge in [-0.3, -0.25) is 14.4 Å². The zero-order valence-corrected chi connectivity index (χ0v) is 17.6. The Hall–Kier alpha value is -2.57. The van der Waals surface area contributed by atoms with Crippen LogP contribution in [-0.2, 0) is 14.4 Å². The fourth-order valence-corrected chi connectivity index (χ4v) is 4.44. The second kappa shape index (κ2) is 11.0. The number of hydrogen-bond acceptors (Lipinski definition) is 4. The van der Waals surface area contributed by atoms with Crippen LogP contribution in [-0.4, -0.2) is 60.3 Å². The molecule has 3 rings (SSSR count). The lowest BCUT2D eigenvalue weighted by atomic mass is 9.90. The predicted octanol–water partition coefficient (Wildman–Crippen LogP) is 2.20. The van der Waals surface area contributed by atoms with Gasteiger partial charge in [0.05, 0.1) is 18.9 Å². The van der Waals surface area contributed by atoms with Crippen molar-refractivity contribution in [2.75, 3.05) is 32.8 Å². The highest BCUT2D eigenvalue weighted by atomic mass is 16.5. The number of nitrogens with two attached hydrogens (primary N) is 1. The van der Waals surface area contributed by atoms with E-state index in [9.17, 15) is 14.4 Å². The predicted molar refractivity (Wildman–Crippen MR) is 114 cm³/mol. The summed E-state index contributed by atoms with van der Waals surface area (Å²) in [6.07, 6.45) is 5.11. The molecule has 7 nitrogen and oxygen atoms in total. The van der Waals surface area contributed by atoms with E-state index < -0.39 is 0 Å². The first-order valence-electron chi connectivity index (χ1n) is 11.1. The van der Waals surface area contributed by atoms with Crippen LogP contribution in [0.2, 0.25) is 0 Å². The van der Waals surface area contributed by atoms with Crippen LogP contribution in [0, 0.1) is 11.8 Å². The van der Waals surface area contributed by atoms with Crippen LogP contribution in [0.5, 0.6) is 5.75 Å². The minimum atomic E-state index is -0.281. The van der Waals surface area contributed by atoms with Gasteiger partial charge >= 0.3 is 0 Å². The van der Waals surface area contributed by atoms with E-state index in [0.717, 1.165) is 44.4 Å². The van der Waals surface area contributed by atoms with E-state index in [1.165, 1.54) is 0 Å². The maximum absolute atomic E-state index is 13.1. The summed E-state index contributed by atoms with van der Waals surface area (Å²) < 4.78 is 5.63. The van der Waals surface area contributed by atoms with E-state index in [1.807, 2.05) is 40.1 Å². The standard InChI is InChI=1S/C23H33N3O4/c24-21(27)11-10-18-6-4-14-26(16-18)23(29)19-7-5-13-25(17-19)22(28)12-15-30-20-8-2-1-3-9-20/h1-3,8-9,18-19H,4-7,10-17H2,(H2,24,27). The van der Waals surface area contributed by atoms with Crippen molar-refractivity contribution in [1.29, 1.82) is 0 Å². The molecule has 2 atom stereocenters. The van der Waals surface area contributed by atoms with Gasteiger partial charge in [0.1, 0.15) is 5.75 Å². The highest BCUT2D eigenvalue weighted by molar-refractivity contribution is 5.81. The number of carbonyl (C=O) groups excluding carboxylic acids is 3. The van der Waals surface area contributed by atoms with Crippen LogP contribution in [0.3, 0.4) is 0 Å². The molecule has 2 saturated heterocycles. The van der Waals surface area contributed by atoms with Gasteiger partial charge in [0.15, 0.2) is 0 Å². The fourth-order valence-electron chi connectivity index (χ4n) is 4.44. The van der Waals surface area contributed by atoms with E-state index in [1.54, 1.807) is 0 Å². The maximum Gasteiger partial charge on any atom is 0.227 e. The van der Waals surface area contributed by atoms with Gasteiger partial charge in [0.25, 0.3) is 0 Å². The summed E-state index contributed by atoms with van der Waals surface area (Å²) >= 11 is 0. The number of ether oxygens (including phenoxy) is 1. The molecule has 1 aromatic rings. The largest absolute Gasteiger partial charge is 0.493 e. The number of nitrogens with zero attached hydrogens (tertiary/aromatic N) is 2. The minimum Gasteiger partial charge on any atom is -0.493 e. The van der Waals surface area contributed by atoms with Crippen LogP contribution in [0.25, 0.3) is 0 Å². The monoisotopic (exact) mass is 415 g/mol. The number of rotatable bonds is 8. The molecule has 2 N–H and O–H groups in total. The topological polar surface area (TPSA) is 92.9 Å². The number of benzene rings is 1. The summed E-state index contributed by atoms with van der Waals surface area (Å²) in [6, 6.07) is 9.46. The Morgan fingerprint density at radius 3 is 2.47 bits per heavy atom. The van der Waals surface area contributed by atoms with E-state index >= 15 is 0 Å². The third-order valence-electron chi connectivity index (χ3n) is 6.08. The maximum atomic E-state index is 13.1. The lowest BCUT2D eigenvalue weighted by Gasteiger charge is -2.38. The first-order chi connectivity index (χ1) is 14.5. The van der Waals surface area contributed by atoms with Gasteiger partial charge in [-0.1, -0.05) is 18.2 Å². The van der Waals surface area contributed by atoms with Crippen molar-refractivity contribution >= 4 is 17.7 Å². The minimum absolute atomic E-state index is 0.0430. The number of para-hydroxylation sites is 1. The molecule has 7 heteroatoms. The first kappa shape index (κ1) is 22.1. The zero-order valence-electron chi connectivity index (χ0n) is 17.6. The third kappa shape index (κ3) is 6.47. The average molecular weight is 416 g/mol. The van der Waals surface area contributed by atoms with Gasteiger partial charge in [-0.25, -0.2) is 0 Å². The van der Waals surface area contributed by atoms with Gasteiger partial charge < -0.3 is 20.3 Å². The summed E-state index contributed by atoms with van der Waals surface area (Å²) in [5.74, 6) is 0.877. The Balaban J connectivity index is 1.45. The van der Waals surface area contributed by atoms with Gasteiger partial charge in [-0.15, -0.1) is 0 Å². The van der Waals surface area contributed by atoms with Crippen molar-refractivity contribution < 1.29 is 19.1 Å². The summed E-state index contributed by atoms with van der Waals surface area (Å²) in [7, 11) is 0. The van der Waals surface area contributed by atoms with Crippen molar-refractivity contribution in [3.8, 4) is 5.75 Å². The molecule has 3 amide bonds. The molecule has 2 heterocycles. The lowest BCUT2D eigenvalue weighted by Crippen LogP contribution is -2.49. The van der Waals surface area contributed by atoms with Gasteiger partial charge in [-0.2, -0.15) is 0 Å². The smallest absolute Gasteiger partial charge is 0.227 e. The Kier molecular flexibility index (Phi) is 8.11. The van der Waals surface area contributed by atoms with Crippen molar-refractivity contribution in [2.24, 2.45) is 17.6 Å². The molecular weight excluding hydrogens is 382 g/mol. The molecule has 2 aliphatic heterocycles. The number of likely N-dealkylation sites (tertiary alicyclic amines) is 2. The second-order valence-electron chi connectivity index (χ2n) is 8.39. The quantitative estimate of drug-likeness (QED) is 0.704. The van der Waals surface area contributed by atoms with E-state index in [-0.39, 0.29) is 23.6 Å². The molecule has 0 radical (unpaired) electrons. The Labute approximate surface area is 178 Å². The lowest BCUT2D eigenvalue weighted by molar-refractivity contribution is -0.142. The van der Waals surface area contributed by atoms with Crippen molar-refractivity contribution in [2.45, 2.75) is 44.9 Å². The Bertz CT molecular complexity index is 724. The average Bonchev–Trinajstić information content (AvgIpc) is 2.78. The SMILES string of the molecule is NC(=O)CCC1CCCN(C(=O)C2CCCN(C(=O)CCOc3ccccc3)C2)C1. The van der Waals surface area contributed by atoms with Crippen LogP contribution >= 0.6 is 0 Å². The van der Waals surface area contributed by atoms with E-state index in [0.29, 0.717) is 45.0 Å². The summed E-state index contributed by atoms with van der Waals surface area (Å²) in [4.78, 5) is 40.5. The number of amides is 3. The molecule has 164 valence electrons. The molecule has 0 saturated carbocycles. The van der Waals surface area contributed by atoms with Crippen LogP contribution in [0.15, 0.2) is 30.3 Å². The number of carbonyl (C=O) groups is 3. The summed E-state index contributed by atoms with van der Waals surface area (Å²) in [6.45, 7) is 3.00. The molecule has 0 aromatic heterocycles. The molecule has 2 unspecified atom stereocenters. The molecule has 2 aliphatic rings. The molecule has 0 spiro atoms. The third-order valence-corrected chi connectivity index (χ3v) is 6.08. The van der Waals surface area contributed by atoms with Crippen molar-refractivity contribution in [3.63, 3.8) is 0 Å². The van der Waals surface area contributed by atoms with Crippen LogP contribution in [0.4, 0.5) is 0 Å². The molecule has 0 bridgehead atoms. The molecule has 0 aliphatic carbocycles. The van der Waals surface area contributed by atoms with Crippen molar-refractivity contribution in [1.82, 2.24) is 9.80 Å². The highest BCUT2D eigenvalue weighted by Gasteiger charge is 2.33. The normalized spacial score (nSPS) is 21.9. The molecular formula is C23H33N3O4. The van der Waals surface area contributed by atoms with Gasteiger partial charge in [-0.05, 0) is 50.2 Å². The fraction of sp³-hybridized carbons (Fsp3) is 0.609. The summed E-state index contributed by atoms with van der Waals surface area (Å²) in [5, 5.41) is 0. The van der Waals surface area contributed by atoms with Crippen LogP contribution < -0.4 is 10.5 Å². The highest BCUT2D eigenvalue weighted by Crippen LogP contribution is 2.25. The van der Waals surface area contributed by atoms with Crippen LogP contribution in [0.1, 0.15) is 44.9 Å². The second-order valence-corrected chi connectivity index (χ2v) is 8.39. The molecule has 1 aromatic carbocycles. The molecule has 30 heavy (non-hydrogen) atoms. The molecule has 2 fully saturated rings. The van der Waals surface area contributed by atoms with E-state index in [2.05, 4.69) is 0 Å². The van der Waals surface area contributed by atoms with Gasteiger partial charge in [0.2, 0.25) is 17.7 Å². The van der Waals surface area contributed by atoms with Gasteiger partial charge in [0, 0.05) is 32.6 Å². The Morgan fingerprint density at radius 2 is 1.70 bits per heavy atom. The number of hydrogen-bond donors (Lipinski definition) is 1. The summed E-state index contributed by atoms with van der Waals surface area (Å²) in [5.41, 5.74) is 5.27. The Morgan fingerprint density at radius 1 is 0.967 bits per heavy atom. The number of primary amides is 1. The number of piperidine rings is 2.